The molecule has 0 saturated carbocycles. The molecule has 3 aromatic rings. The van der Waals surface area contributed by atoms with Crippen molar-refractivity contribution >= 4 is 33.2 Å². The number of aryl methyl sites for hydroxylation is 1. The third kappa shape index (κ3) is 3.98. The van der Waals surface area contributed by atoms with E-state index in [1.54, 1.807) is 42.7 Å². The Morgan fingerprint density at radius 1 is 1.27 bits per heavy atom. The molecule has 0 aliphatic carbocycles. The normalized spacial score (nSPS) is 13.9. The minimum atomic E-state index is -3.94. The summed E-state index contributed by atoms with van der Waals surface area (Å²) in [5.74, 6) is 0. The Bertz CT molecular complexity index is 1210. The number of piperazine rings is 1. The number of anilines is 1. The molecule has 1 saturated heterocycles. The van der Waals surface area contributed by atoms with E-state index in [0.29, 0.717) is 11.0 Å². The smallest absolute Gasteiger partial charge is 0.290 e. The number of nitriles is 1. The Morgan fingerprint density at radius 2 is 1.97 bits per heavy atom. The number of carbonyl (C=O) groups is 1. The van der Waals surface area contributed by atoms with Crippen molar-refractivity contribution in [3.8, 4) is 6.07 Å². The Hall–Kier alpha value is -3.42. The molecule has 10 heteroatoms. The molecule has 0 amide bonds. The molecule has 2 N–H and O–H groups in total. The van der Waals surface area contributed by atoms with Gasteiger partial charge in [0.15, 0.2) is 0 Å². The average Bonchev–Trinajstić information content (AvgIpc) is 3.15. The van der Waals surface area contributed by atoms with Gasteiger partial charge >= 0.3 is 0 Å². The summed E-state index contributed by atoms with van der Waals surface area (Å²) in [5, 5.41) is 19.6. The van der Waals surface area contributed by atoms with Crippen molar-refractivity contribution < 1.29 is 18.3 Å². The van der Waals surface area contributed by atoms with Crippen LogP contribution in [-0.2, 0) is 14.8 Å². The van der Waals surface area contributed by atoms with Crippen LogP contribution in [0.15, 0.2) is 47.6 Å². The summed E-state index contributed by atoms with van der Waals surface area (Å²) >= 11 is 0. The van der Waals surface area contributed by atoms with Crippen LogP contribution in [0.2, 0.25) is 0 Å². The summed E-state index contributed by atoms with van der Waals surface area (Å²) in [4.78, 5) is 14.9. The van der Waals surface area contributed by atoms with Crippen molar-refractivity contribution in [1.29, 1.82) is 5.26 Å². The molecule has 0 unspecified atom stereocenters. The van der Waals surface area contributed by atoms with Crippen LogP contribution in [0, 0.1) is 18.3 Å². The highest BCUT2D eigenvalue weighted by atomic mass is 32.2. The summed E-state index contributed by atoms with van der Waals surface area (Å²) in [7, 11) is -3.94. The summed E-state index contributed by atoms with van der Waals surface area (Å²) in [6, 6.07) is 10.3. The molecule has 3 heterocycles. The van der Waals surface area contributed by atoms with Gasteiger partial charge in [-0.1, -0.05) is 6.07 Å². The molecule has 1 aliphatic heterocycles. The van der Waals surface area contributed by atoms with E-state index in [1.165, 1.54) is 3.97 Å². The lowest BCUT2D eigenvalue weighted by Gasteiger charge is -2.28. The standard InChI is InChI=1S/C19H19N5O2S.CH2O2/c1-14-4-5-15(12-20)18(11-14)27(25,26)24-13-17(23-9-7-21-8-10-23)19-16(24)3-2-6-22-19;2-1-3/h2-6,11,13,21H,7-10H2,1H3;1H,(H,2,3). The van der Waals surface area contributed by atoms with Gasteiger partial charge in [-0.15, -0.1) is 0 Å². The first-order valence-corrected chi connectivity index (χ1v) is 10.6. The van der Waals surface area contributed by atoms with E-state index in [-0.39, 0.29) is 16.9 Å². The Balaban J connectivity index is 0.000000806. The van der Waals surface area contributed by atoms with E-state index >= 15 is 0 Å². The van der Waals surface area contributed by atoms with E-state index in [4.69, 9.17) is 9.90 Å². The van der Waals surface area contributed by atoms with Crippen molar-refractivity contribution in [3.63, 3.8) is 0 Å². The lowest BCUT2D eigenvalue weighted by Crippen LogP contribution is -2.43. The summed E-state index contributed by atoms with van der Waals surface area (Å²) in [6.07, 6.45) is 3.29. The quantitative estimate of drug-likeness (QED) is 0.603. The molecule has 2 aromatic heterocycles. The van der Waals surface area contributed by atoms with Crippen LogP contribution in [0.1, 0.15) is 11.1 Å². The van der Waals surface area contributed by atoms with Crippen LogP contribution in [0.5, 0.6) is 0 Å². The number of fused-ring (bicyclic) bond motifs is 1. The van der Waals surface area contributed by atoms with Gasteiger partial charge in [0.25, 0.3) is 16.5 Å². The van der Waals surface area contributed by atoms with E-state index in [9.17, 15) is 13.7 Å². The number of aromatic nitrogens is 2. The van der Waals surface area contributed by atoms with Gasteiger partial charge in [-0.3, -0.25) is 9.78 Å². The van der Waals surface area contributed by atoms with Crippen LogP contribution in [-0.4, -0.2) is 55.1 Å². The number of rotatable bonds is 3. The topological polar surface area (TPSA) is 128 Å². The van der Waals surface area contributed by atoms with Gasteiger partial charge in [0.05, 0.1) is 16.8 Å². The number of nitrogens with one attached hydrogen (secondary N) is 1. The van der Waals surface area contributed by atoms with Gasteiger partial charge < -0.3 is 15.3 Å². The number of pyridine rings is 1. The van der Waals surface area contributed by atoms with Gasteiger partial charge in [-0.05, 0) is 36.8 Å². The maximum atomic E-state index is 13.4. The molecular formula is C20H21N5O4S. The second-order valence-corrected chi connectivity index (χ2v) is 8.42. The maximum absolute atomic E-state index is 13.4. The van der Waals surface area contributed by atoms with Crippen LogP contribution in [0.3, 0.4) is 0 Å². The van der Waals surface area contributed by atoms with E-state index in [2.05, 4.69) is 15.2 Å². The first-order valence-electron chi connectivity index (χ1n) is 9.20. The third-order valence-corrected chi connectivity index (χ3v) is 6.47. The molecule has 9 nitrogen and oxygen atoms in total. The molecule has 1 aliphatic rings. The summed E-state index contributed by atoms with van der Waals surface area (Å²) in [5.41, 5.74) is 2.87. The van der Waals surface area contributed by atoms with E-state index in [1.807, 2.05) is 13.0 Å². The van der Waals surface area contributed by atoms with Crippen molar-refractivity contribution in [3.05, 3.63) is 53.9 Å². The van der Waals surface area contributed by atoms with Crippen molar-refractivity contribution in [1.82, 2.24) is 14.3 Å². The van der Waals surface area contributed by atoms with Gasteiger partial charge in [0, 0.05) is 38.6 Å². The fourth-order valence-corrected chi connectivity index (χ4v) is 4.97. The zero-order valence-electron chi connectivity index (χ0n) is 16.3. The largest absolute Gasteiger partial charge is 0.483 e. The maximum Gasteiger partial charge on any atom is 0.290 e. The van der Waals surface area contributed by atoms with Gasteiger partial charge in [0.2, 0.25) is 0 Å². The molecule has 4 rings (SSSR count). The highest BCUT2D eigenvalue weighted by molar-refractivity contribution is 7.90. The minimum Gasteiger partial charge on any atom is -0.483 e. The number of hydrogen-bond acceptors (Lipinski definition) is 7. The molecule has 1 aromatic carbocycles. The predicted molar refractivity (Wildman–Crippen MR) is 112 cm³/mol. The van der Waals surface area contributed by atoms with Crippen LogP contribution in [0.25, 0.3) is 11.0 Å². The number of benzene rings is 1. The number of nitrogens with zero attached hydrogens (tertiary/aromatic N) is 4. The zero-order valence-corrected chi connectivity index (χ0v) is 17.1. The molecular weight excluding hydrogens is 406 g/mol. The third-order valence-electron chi connectivity index (χ3n) is 4.76. The number of carboxylic acid groups (broad SMARTS) is 1. The molecule has 156 valence electrons. The Labute approximate surface area is 174 Å². The molecule has 1 fully saturated rings. The van der Waals surface area contributed by atoms with Crippen LogP contribution in [0.4, 0.5) is 5.69 Å². The molecule has 30 heavy (non-hydrogen) atoms. The lowest BCUT2D eigenvalue weighted by atomic mass is 10.2. The van der Waals surface area contributed by atoms with Crippen molar-refractivity contribution in [2.45, 2.75) is 11.8 Å². The SMILES string of the molecule is Cc1ccc(C#N)c(S(=O)(=O)n2cc(N3CCNCC3)c3ncccc32)c1.O=CO. The fourth-order valence-electron chi connectivity index (χ4n) is 3.39. The van der Waals surface area contributed by atoms with Crippen molar-refractivity contribution in [2.24, 2.45) is 0 Å². The lowest BCUT2D eigenvalue weighted by molar-refractivity contribution is -0.122. The fraction of sp³-hybridized carbons (Fsp3) is 0.250. The minimum absolute atomic E-state index is 0.0117. The van der Waals surface area contributed by atoms with Gasteiger partial charge in [-0.2, -0.15) is 5.26 Å². The average molecular weight is 427 g/mol. The summed E-state index contributed by atoms with van der Waals surface area (Å²) in [6.45, 7) is 4.79. The predicted octanol–water partition coefficient (Wildman–Crippen LogP) is 1.56. The highest BCUT2D eigenvalue weighted by Gasteiger charge is 2.26. The van der Waals surface area contributed by atoms with Crippen molar-refractivity contribution in [2.75, 3.05) is 31.1 Å². The second-order valence-electron chi connectivity index (χ2n) is 6.64. The second kappa shape index (κ2) is 8.94. The van der Waals surface area contributed by atoms with Crippen LogP contribution >= 0.6 is 0 Å². The first-order chi connectivity index (χ1) is 14.4. The molecule has 0 atom stereocenters. The zero-order chi connectivity index (χ0) is 21.7. The number of hydrogen-bond donors (Lipinski definition) is 2. The molecule has 0 spiro atoms. The van der Waals surface area contributed by atoms with E-state index in [0.717, 1.165) is 37.4 Å². The molecule has 0 radical (unpaired) electrons. The molecule has 0 bridgehead atoms. The van der Waals surface area contributed by atoms with E-state index < -0.39 is 10.0 Å². The van der Waals surface area contributed by atoms with Crippen LogP contribution < -0.4 is 10.2 Å². The monoisotopic (exact) mass is 427 g/mol. The summed E-state index contributed by atoms with van der Waals surface area (Å²) < 4.78 is 28.1. The van der Waals surface area contributed by atoms with Gasteiger partial charge in [0.1, 0.15) is 16.5 Å². The van der Waals surface area contributed by atoms with Gasteiger partial charge in [-0.25, -0.2) is 12.4 Å². The Kier molecular flexibility index (Phi) is 6.34. The first kappa shape index (κ1) is 21.3. The Morgan fingerprint density at radius 3 is 2.63 bits per heavy atom. The highest BCUT2D eigenvalue weighted by Crippen LogP contribution is 2.31.